The highest BCUT2D eigenvalue weighted by Crippen LogP contribution is 2.33. The molecule has 0 amide bonds. The van der Waals surface area contributed by atoms with Crippen molar-refractivity contribution in [3.63, 3.8) is 0 Å². The normalized spacial score (nSPS) is 12.6. The lowest BCUT2D eigenvalue weighted by molar-refractivity contribution is -0.152. The van der Waals surface area contributed by atoms with Gasteiger partial charge in [-0.2, -0.15) is 0 Å². The second kappa shape index (κ2) is 6.11. The Morgan fingerprint density at radius 1 is 1.28 bits per heavy atom. The molecule has 6 heteroatoms. The summed E-state index contributed by atoms with van der Waals surface area (Å²) in [6.07, 6.45) is 0. The Labute approximate surface area is 111 Å². The smallest absolute Gasteiger partial charge is 0.313 e. The first kappa shape index (κ1) is 16.8. The van der Waals surface area contributed by atoms with Gasteiger partial charge in [-0.3, -0.25) is 4.79 Å². The van der Waals surface area contributed by atoms with E-state index in [0.717, 1.165) is 18.2 Å². The molecule has 0 aliphatic carbocycles. The van der Waals surface area contributed by atoms with E-state index in [1.807, 2.05) is 0 Å². The molecule has 0 saturated carbocycles. The number of rotatable bonds is 3. The SMILES string of the molecule is COC(=O)C(C)(C)[C@H](N)c1cc(F)cc(F)c1.Cl. The van der Waals surface area contributed by atoms with Crippen molar-refractivity contribution < 1.29 is 18.3 Å². The molecule has 0 unspecified atom stereocenters. The number of carbonyl (C=O) groups is 1. The van der Waals surface area contributed by atoms with E-state index in [0.29, 0.717) is 0 Å². The average molecular weight is 280 g/mol. The van der Waals surface area contributed by atoms with Crippen LogP contribution in [-0.4, -0.2) is 13.1 Å². The maximum atomic E-state index is 13.0. The number of hydrogen-bond acceptors (Lipinski definition) is 3. The second-order valence-electron chi connectivity index (χ2n) is 4.39. The molecule has 0 fully saturated rings. The van der Waals surface area contributed by atoms with Gasteiger partial charge in [0.25, 0.3) is 0 Å². The van der Waals surface area contributed by atoms with Crippen molar-refractivity contribution in [1.82, 2.24) is 0 Å². The summed E-state index contributed by atoms with van der Waals surface area (Å²) in [5, 5.41) is 0. The number of ether oxygens (including phenoxy) is 1. The monoisotopic (exact) mass is 279 g/mol. The van der Waals surface area contributed by atoms with Gasteiger partial charge in [-0.25, -0.2) is 8.78 Å². The molecule has 0 aliphatic rings. The van der Waals surface area contributed by atoms with Crippen LogP contribution in [0.4, 0.5) is 8.78 Å². The third kappa shape index (κ3) is 3.40. The van der Waals surface area contributed by atoms with Crippen molar-refractivity contribution >= 4 is 18.4 Å². The first-order chi connectivity index (χ1) is 7.78. The Hall–Kier alpha value is -1.20. The Kier molecular flexibility index (Phi) is 5.70. The third-order valence-corrected chi connectivity index (χ3v) is 2.73. The summed E-state index contributed by atoms with van der Waals surface area (Å²) in [7, 11) is 1.24. The van der Waals surface area contributed by atoms with Crippen molar-refractivity contribution in [2.24, 2.45) is 11.1 Å². The van der Waals surface area contributed by atoms with Crippen LogP contribution < -0.4 is 5.73 Å². The lowest BCUT2D eigenvalue weighted by Gasteiger charge is -2.28. The molecule has 0 spiro atoms. The topological polar surface area (TPSA) is 52.3 Å². The molecule has 1 atom stereocenters. The zero-order chi connectivity index (χ0) is 13.2. The van der Waals surface area contributed by atoms with Crippen LogP contribution in [0.2, 0.25) is 0 Å². The van der Waals surface area contributed by atoms with Gasteiger partial charge in [-0.05, 0) is 31.5 Å². The summed E-state index contributed by atoms with van der Waals surface area (Å²) >= 11 is 0. The number of halogens is 3. The molecule has 0 radical (unpaired) electrons. The fourth-order valence-electron chi connectivity index (χ4n) is 1.56. The van der Waals surface area contributed by atoms with Crippen LogP contribution in [0.3, 0.4) is 0 Å². The van der Waals surface area contributed by atoms with Gasteiger partial charge in [-0.15, -0.1) is 12.4 Å². The number of methoxy groups -OCH3 is 1. The van der Waals surface area contributed by atoms with Crippen molar-refractivity contribution in [2.45, 2.75) is 19.9 Å². The molecule has 1 rings (SSSR count). The van der Waals surface area contributed by atoms with E-state index in [-0.39, 0.29) is 18.0 Å². The van der Waals surface area contributed by atoms with Crippen LogP contribution in [0.25, 0.3) is 0 Å². The van der Waals surface area contributed by atoms with Gasteiger partial charge < -0.3 is 10.5 Å². The van der Waals surface area contributed by atoms with Crippen LogP contribution in [0.15, 0.2) is 18.2 Å². The largest absolute Gasteiger partial charge is 0.469 e. The maximum absolute atomic E-state index is 13.0. The first-order valence-electron chi connectivity index (χ1n) is 5.09. The molecule has 18 heavy (non-hydrogen) atoms. The lowest BCUT2D eigenvalue weighted by atomic mass is 9.81. The van der Waals surface area contributed by atoms with Crippen molar-refractivity contribution in [1.29, 1.82) is 0 Å². The minimum Gasteiger partial charge on any atom is -0.469 e. The Morgan fingerprint density at radius 3 is 2.11 bits per heavy atom. The third-order valence-electron chi connectivity index (χ3n) is 2.73. The molecule has 0 bridgehead atoms. The molecule has 1 aromatic rings. The van der Waals surface area contributed by atoms with Crippen LogP contribution in [0, 0.1) is 17.0 Å². The molecule has 0 saturated heterocycles. The Bertz CT molecular complexity index is 418. The minimum atomic E-state index is -1.06. The summed E-state index contributed by atoms with van der Waals surface area (Å²) in [6.45, 7) is 3.12. The number of carbonyl (C=O) groups excluding carboxylic acids is 1. The fraction of sp³-hybridized carbons (Fsp3) is 0.417. The molecule has 102 valence electrons. The predicted molar refractivity (Wildman–Crippen MR) is 66.3 cm³/mol. The van der Waals surface area contributed by atoms with E-state index < -0.39 is 29.1 Å². The van der Waals surface area contributed by atoms with E-state index >= 15 is 0 Å². The summed E-state index contributed by atoms with van der Waals surface area (Å²) in [5.74, 6) is -1.98. The van der Waals surface area contributed by atoms with Crippen LogP contribution in [-0.2, 0) is 9.53 Å². The zero-order valence-corrected chi connectivity index (χ0v) is 11.2. The summed E-state index contributed by atoms with van der Waals surface area (Å²) in [6, 6.07) is 2.12. The molecule has 2 N–H and O–H groups in total. The standard InChI is InChI=1S/C12H15F2NO2.ClH/c1-12(2,11(16)17-3)10(15)7-4-8(13)6-9(14)5-7;/h4-6,10H,15H2,1-3H3;1H/t10-;/m1./s1. The van der Waals surface area contributed by atoms with Gasteiger partial charge >= 0.3 is 5.97 Å². The van der Waals surface area contributed by atoms with Crippen LogP contribution in [0.1, 0.15) is 25.5 Å². The highest BCUT2D eigenvalue weighted by molar-refractivity contribution is 5.85. The highest BCUT2D eigenvalue weighted by Gasteiger charge is 2.36. The van der Waals surface area contributed by atoms with E-state index in [1.165, 1.54) is 7.11 Å². The number of hydrogen-bond donors (Lipinski definition) is 1. The first-order valence-corrected chi connectivity index (χ1v) is 5.09. The van der Waals surface area contributed by atoms with Crippen LogP contribution >= 0.6 is 12.4 Å². The van der Waals surface area contributed by atoms with Crippen molar-refractivity contribution in [3.8, 4) is 0 Å². The predicted octanol–water partition coefficient (Wildman–Crippen LogP) is 2.59. The van der Waals surface area contributed by atoms with Crippen molar-refractivity contribution in [2.75, 3.05) is 7.11 Å². The van der Waals surface area contributed by atoms with E-state index in [1.54, 1.807) is 13.8 Å². The summed E-state index contributed by atoms with van der Waals surface area (Å²) < 4.78 is 30.7. The molecule has 1 aromatic carbocycles. The maximum Gasteiger partial charge on any atom is 0.313 e. The van der Waals surface area contributed by atoms with Gasteiger partial charge in [0, 0.05) is 12.1 Å². The molecule has 0 heterocycles. The number of nitrogens with two attached hydrogens (primary N) is 1. The Morgan fingerprint density at radius 2 is 1.72 bits per heavy atom. The number of esters is 1. The highest BCUT2D eigenvalue weighted by atomic mass is 35.5. The average Bonchev–Trinajstić information content (AvgIpc) is 2.25. The number of benzene rings is 1. The van der Waals surface area contributed by atoms with Gasteiger partial charge in [-0.1, -0.05) is 0 Å². The summed E-state index contributed by atoms with van der Waals surface area (Å²) in [5.41, 5.74) is 5.01. The van der Waals surface area contributed by atoms with Crippen LogP contribution in [0.5, 0.6) is 0 Å². The molecule has 0 aromatic heterocycles. The second-order valence-corrected chi connectivity index (χ2v) is 4.39. The van der Waals surface area contributed by atoms with E-state index in [4.69, 9.17) is 5.73 Å². The molecule has 3 nitrogen and oxygen atoms in total. The fourth-order valence-corrected chi connectivity index (χ4v) is 1.56. The van der Waals surface area contributed by atoms with Gasteiger partial charge in [0.1, 0.15) is 11.6 Å². The van der Waals surface area contributed by atoms with Gasteiger partial charge in [0.15, 0.2) is 0 Å². The molecular formula is C12H16ClF2NO2. The quantitative estimate of drug-likeness (QED) is 0.865. The molecule has 0 aliphatic heterocycles. The summed E-state index contributed by atoms with van der Waals surface area (Å²) in [4.78, 5) is 11.5. The Balaban J connectivity index is 0.00000289. The van der Waals surface area contributed by atoms with E-state index in [2.05, 4.69) is 4.74 Å². The molecular weight excluding hydrogens is 264 g/mol. The zero-order valence-electron chi connectivity index (χ0n) is 10.4. The van der Waals surface area contributed by atoms with Crippen molar-refractivity contribution in [3.05, 3.63) is 35.4 Å². The van der Waals surface area contributed by atoms with Gasteiger partial charge in [0.05, 0.1) is 12.5 Å². The van der Waals surface area contributed by atoms with E-state index in [9.17, 15) is 13.6 Å². The minimum absolute atomic E-state index is 0. The van der Waals surface area contributed by atoms with Gasteiger partial charge in [0.2, 0.25) is 0 Å². The lowest BCUT2D eigenvalue weighted by Crippen LogP contribution is -2.37.